The fourth-order valence-electron chi connectivity index (χ4n) is 4.01. The molecule has 0 bridgehead atoms. The van der Waals surface area contributed by atoms with Gasteiger partial charge in [-0.05, 0) is 43.7 Å². The first-order valence-electron chi connectivity index (χ1n) is 10.3. The van der Waals surface area contributed by atoms with Gasteiger partial charge >= 0.3 is 6.03 Å². The summed E-state index contributed by atoms with van der Waals surface area (Å²) in [5.41, 5.74) is 1.34. The smallest absolute Gasteiger partial charge is 0.314 e. The van der Waals surface area contributed by atoms with Gasteiger partial charge in [0.25, 0.3) is 0 Å². The molecule has 2 aliphatic rings. The van der Waals surface area contributed by atoms with Crippen LogP contribution in [0.3, 0.4) is 0 Å². The van der Waals surface area contributed by atoms with Gasteiger partial charge in [-0.3, -0.25) is 9.69 Å². The third-order valence-corrected chi connectivity index (χ3v) is 5.49. The van der Waals surface area contributed by atoms with E-state index < -0.39 is 0 Å². The van der Waals surface area contributed by atoms with Crippen LogP contribution in [0.5, 0.6) is 0 Å². The highest BCUT2D eigenvalue weighted by Crippen LogP contribution is 2.18. The lowest BCUT2D eigenvalue weighted by Gasteiger charge is -2.32. The van der Waals surface area contributed by atoms with Crippen molar-refractivity contribution in [3.05, 3.63) is 35.9 Å². The lowest BCUT2D eigenvalue weighted by molar-refractivity contribution is -0.129. The molecule has 3 amide bonds. The molecule has 2 heterocycles. The average Bonchev–Trinajstić information content (AvgIpc) is 3.22. The molecule has 1 atom stereocenters. The van der Waals surface area contributed by atoms with E-state index in [4.69, 9.17) is 0 Å². The predicted molar refractivity (Wildman–Crippen MR) is 106 cm³/mol. The number of amides is 3. The van der Waals surface area contributed by atoms with Crippen LogP contribution in [0.15, 0.2) is 30.3 Å². The van der Waals surface area contributed by atoms with Crippen LogP contribution >= 0.6 is 0 Å². The first-order valence-corrected chi connectivity index (χ1v) is 10.3. The van der Waals surface area contributed by atoms with E-state index in [9.17, 15) is 9.59 Å². The zero-order chi connectivity index (χ0) is 18.9. The van der Waals surface area contributed by atoms with Crippen LogP contribution in [0.4, 0.5) is 4.79 Å². The van der Waals surface area contributed by atoms with E-state index in [1.54, 1.807) is 0 Å². The van der Waals surface area contributed by atoms with Crippen LogP contribution in [0.1, 0.15) is 37.7 Å². The van der Waals surface area contributed by atoms with Crippen LogP contribution in [-0.4, -0.2) is 61.0 Å². The van der Waals surface area contributed by atoms with Crippen LogP contribution in [0, 0.1) is 5.92 Å². The average molecular weight is 373 g/mol. The van der Waals surface area contributed by atoms with Crippen molar-refractivity contribution in [2.45, 2.75) is 38.6 Å². The van der Waals surface area contributed by atoms with Crippen molar-refractivity contribution in [3.8, 4) is 0 Å². The van der Waals surface area contributed by atoms with Gasteiger partial charge in [0.15, 0.2) is 0 Å². The van der Waals surface area contributed by atoms with E-state index in [1.165, 1.54) is 12.0 Å². The van der Waals surface area contributed by atoms with Gasteiger partial charge in [0, 0.05) is 45.7 Å². The van der Waals surface area contributed by atoms with Gasteiger partial charge in [0.05, 0.1) is 0 Å². The van der Waals surface area contributed by atoms with Crippen molar-refractivity contribution in [3.63, 3.8) is 0 Å². The maximum atomic E-state index is 12.0. The maximum absolute atomic E-state index is 12.0. The molecule has 0 saturated carbocycles. The number of hydrogen-bond donors (Lipinski definition) is 2. The molecular formula is C21H32N4O2. The highest BCUT2D eigenvalue weighted by Gasteiger charge is 2.21. The lowest BCUT2D eigenvalue weighted by atomic mass is 9.97. The Hall–Kier alpha value is -2.08. The molecule has 1 unspecified atom stereocenters. The number of benzene rings is 1. The molecule has 0 radical (unpaired) electrons. The summed E-state index contributed by atoms with van der Waals surface area (Å²) in [7, 11) is 0. The fraction of sp³-hybridized carbons (Fsp3) is 0.619. The van der Waals surface area contributed by atoms with Crippen molar-refractivity contribution in [2.75, 3.05) is 39.3 Å². The Labute approximate surface area is 162 Å². The highest BCUT2D eigenvalue weighted by atomic mass is 16.2. The van der Waals surface area contributed by atoms with Gasteiger partial charge < -0.3 is 15.5 Å². The quantitative estimate of drug-likeness (QED) is 0.771. The Bertz CT molecular complexity index is 601. The summed E-state index contributed by atoms with van der Waals surface area (Å²) in [5, 5.41) is 5.79. The number of nitrogens with one attached hydrogen (secondary N) is 2. The number of hydrogen-bond acceptors (Lipinski definition) is 3. The molecule has 6 nitrogen and oxygen atoms in total. The summed E-state index contributed by atoms with van der Waals surface area (Å²) >= 11 is 0. The molecule has 148 valence electrons. The van der Waals surface area contributed by atoms with Gasteiger partial charge in [0.2, 0.25) is 5.91 Å². The molecule has 1 aromatic carbocycles. The Balaban J connectivity index is 1.30. The topological polar surface area (TPSA) is 64.7 Å². The van der Waals surface area contributed by atoms with Crippen molar-refractivity contribution >= 4 is 11.9 Å². The molecule has 2 saturated heterocycles. The zero-order valence-electron chi connectivity index (χ0n) is 16.2. The first kappa shape index (κ1) is 19.7. The predicted octanol–water partition coefficient (Wildman–Crippen LogP) is 2.21. The Kier molecular flexibility index (Phi) is 7.51. The van der Waals surface area contributed by atoms with E-state index >= 15 is 0 Å². The normalized spacial score (nSPS) is 20.4. The number of urea groups is 1. The molecule has 2 fully saturated rings. The van der Waals surface area contributed by atoms with Crippen molar-refractivity contribution in [1.29, 1.82) is 0 Å². The Morgan fingerprint density at radius 3 is 2.56 bits per heavy atom. The summed E-state index contributed by atoms with van der Waals surface area (Å²) in [6.07, 6.45) is 4.91. The Morgan fingerprint density at radius 2 is 1.78 bits per heavy atom. The van der Waals surface area contributed by atoms with Crippen molar-refractivity contribution in [1.82, 2.24) is 20.4 Å². The van der Waals surface area contributed by atoms with Crippen molar-refractivity contribution in [2.24, 2.45) is 5.92 Å². The van der Waals surface area contributed by atoms with Crippen LogP contribution in [0.25, 0.3) is 0 Å². The van der Waals surface area contributed by atoms with Crippen LogP contribution < -0.4 is 10.6 Å². The van der Waals surface area contributed by atoms with Crippen LogP contribution in [0.2, 0.25) is 0 Å². The van der Waals surface area contributed by atoms with E-state index in [1.807, 2.05) is 11.0 Å². The molecular weight excluding hydrogens is 340 g/mol. The van der Waals surface area contributed by atoms with E-state index in [0.29, 0.717) is 25.4 Å². The zero-order valence-corrected chi connectivity index (χ0v) is 16.2. The number of piperidine rings is 1. The number of carbonyl (C=O) groups is 2. The maximum Gasteiger partial charge on any atom is 0.314 e. The fourth-order valence-corrected chi connectivity index (χ4v) is 4.01. The minimum atomic E-state index is -0.163. The summed E-state index contributed by atoms with van der Waals surface area (Å²) in [5.74, 6) is 0.635. The summed E-state index contributed by atoms with van der Waals surface area (Å²) in [4.78, 5) is 28.3. The minimum absolute atomic E-state index is 0.150. The van der Waals surface area contributed by atoms with E-state index in [2.05, 4.69) is 39.8 Å². The molecule has 2 N–H and O–H groups in total. The molecule has 3 rings (SSSR count). The minimum Gasteiger partial charge on any atom is -0.343 e. The second-order valence-electron chi connectivity index (χ2n) is 7.70. The van der Waals surface area contributed by atoms with Crippen LogP contribution in [-0.2, 0) is 11.3 Å². The number of carbonyl (C=O) groups excluding carboxylic acids is 2. The molecule has 0 aromatic heterocycles. The van der Waals surface area contributed by atoms with Gasteiger partial charge in [-0.1, -0.05) is 30.3 Å². The summed E-state index contributed by atoms with van der Waals surface area (Å²) < 4.78 is 0. The molecule has 0 spiro atoms. The van der Waals surface area contributed by atoms with Crippen molar-refractivity contribution < 1.29 is 9.59 Å². The van der Waals surface area contributed by atoms with Gasteiger partial charge in [-0.2, -0.15) is 0 Å². The molecule has 27 heavy (non-hydrogen) atoms. The Morgan fingerprint density at radius 1 is 1.00 bits per heavy atom. The molecule has 1 aromatic rings. The van der Waals surface area contributed by atoms with Gasteiger partial charge in [-0.15, -0.1) is 0 Å². The van der Waals surface area contributed by atoms with E-state index in [-0.39, 0.29) is 11.9 Å². The summed E-state index contributed by atoms with van der Waals surface area (Å²) in [6.45, 7) is 5.95. The number of likely N-dealkylation sites (tertiary alicyclic amines) is 2. The standard InChI is InChI=1S/C21H32N4O2/c26-20(25-13-4-5-14-25)10-11-22-21(27)23-15-19-9-6-12-24(17-19)16-18-7-2-1-3-8-18/h1-3,7-8,19H,4-6,9-17H2,(H2,22,23,27). The first-order chi connectivity index (χ1) is 13.2. The summed E-state index contributed by atoms with van der Waals surface area (Å²) in [6, 6.07) is 10.4. The third kappa shape index (κ3) is 6.54. The molecule has 6 heteroatoms. The molecule has 2 aliphatic heterocycles. The van der Waals surface area contributed by atoms with Gasteiger partial charge in [0.1, 0.15) is 0 Å². The van der Waals surface area contributed by atoms with E-state index in [0.717, 1.165) is 52.0 Å². The third-order valence-electron chi connectivity index (χ3n) is 5.49. The van der Waals surface area contributed by atoms with Gasteiger partial charge in [-0.25, -0.2) is 4.79 Å². The monoisotopic (exact) mass is 372 g/mol. The number of rotatable bonds is 7. The second-order valence-corrected chi connectivity index (χ2v) is 7.70. The lowest BCUT2D eigenvalue weighted by Crippen LogP contribution is -2.44. The SMILES string of the molecule is O=C(NCCC(=O)N1CCCC1)NCC1CCCN(Cc2ccccc2)C1. The molecule has 0 aliphatic carbocycles. The largest absolute Gasteiger partial charge is 0.343 e. The number of nitrogens with zero attached hydrogens (tertiary/aromatic N) is 2. The highest BCUT2D eigenvalue weighted by molar-refractivity contribution is 5.78. The second kappa shape index (κ2) is 10.3.